The van der Waals surface area contributed by atoms with E-state index in [0.29, 0.717) is 6.61 Å². The minimum Gasteiger partial charge on any atom is -0.508 e. The SMILES string of the molecule is CCC1=C(c2cccc(O)c2)C(c2ccc(OCCN3CC(CF)C3)cc2)Oc2ccc(C)cc21. The number of rotatable bonds is 8. The Balaban J connectivity index is 1.41. The van der Waals surface area contributed by atoms with E-state index in [4.69, 9.17) is 9.47 Å². The predicted molar refractivity (Wildman–Crippen MR) is 138 cm³/mol. The normalized spacial score (nSPS) is 18.1. The van der Waals surface area contributed by atoms with Crippen LogP contribution in [0, 0.1) is 12.8 Å². The molecule has 0 saturated carbocycles. The van der Waals surface area contributed by atoms with Gasteiger partial charge in [-0.3, -0.25) is 9.29 Å². The summed E-state index contributed by atoms with van der Waals surface area (Å²) in [6.45, 7) is 7.06. The quantitative estimate of drug-likeness (QED) is 0.409. The highest BCUT2D eigenvalue weighted by Crippen LogP contribution is 2.48. The molecule has 2 aliphatic rings. The molecule has 1 N–H and O–H groups in total. The zero-order chi connectivity index (χ0) is 24.4. The minimum absolute atomic E-state index is 0.195. The second-order valence-corrected chi connectivity index (χ2v) is 9.49. The Morgan fingerprint density at radius 1 is 1.06 bits per heavy atom. The first kappa shape index (κ1) is 23.4. The summed E-state index contributed by atoms with van der Waals surface area (Å²) < 4.78 is 25.1. The van der Waals surface area contributed by atoms with Crippen molar-refractivity contribution in [2.24, 2.45) is 5.92 Å². The number of aromatic hydroxyl groups is 1. The molecule has 0 radical (unpaired) electrons. The molecule has 3 aromatic carbocycles. The highest BCUT2D eigenvalue weighted by molar-refractivity contribution is 5.96. The highest BCUT2D eigenvalue weighted by atomic mass is 19.1. The molecule has 2 heterocycles. The van der Waals surface area contributed by atoms with E-state index >= 15 is 0 Å². The lowest BCUT2D eigenvalue weighted by Gasteiger charge is -2.37. The van der Waals surface area contributed by atoms with E-state index in [-0.39, 0.29) is 24.4 Å². The summed E-state index contributed by atoms with van der Waals surface area (Å²) in [7, 11) is 0. The lowest BCUT2D eigenvalue weighted by Crippen LogP contribution is -2.49. The van der Waals surface area contributed by atoms with Gasteiger partial charge < -0.3 is 14.6 Å². The summed E-state index contributed by atoms with van der Waals surface area (Å²) in [6.07, 6.45) is 0.553. The average molecular weight is 474 g/mol. The molecule has 4 nitrogen and oxygen atoms in total. The first-order valence-corrected chi connectivity index (χ1v) is 12.4. The summed E-state index contributed by atoms with van der Waals surface area (Å²) >= 11 is 0. The predicted octanol–water partition coefficient (Wildman–Crippen LogP) is 6.44. The minimum atomic E-state index is -0.297. The molecule has 0 amide bonds. The number of hydrogen-bond acceptors (Lipinski definition) is 4. The zero-order valence-electron chi connectivity index (χ0n) is 20.3. The van der Waals surface area contributed by atoms with Gasteiger partial charge in [0.1, 0.15) is 30.0 Å². The number of hydrogen-bond donors (Lipinski definition) is 1. The third-order valence-corrected chi connectivity index (χ3v) is 6.91. The molecule has 5 rings (SSSR count). The monoisotopic (exact) mass is 473 g/mol. The van der Waals surface area contributed by atoms with Crippen molar-refractivity contribution in [2.45, 2.75) is 26.4 Å². The maximum atomic E-state index is 12.6. The molecule has 0 aliphatic carbocycles. The third kappa shape index (κ3) is 4.92. The van der Waals surface area contributed by atoms with Gasteiger partial charge in [-0.25, -0.2) is 0 Å². The van der Waals surface area contributed by atoms with Crippen LogP contribution in [0.3, 0.4) is 0 Å². The molecule has 35 heavy (non-hydrogen) atoms. The van der Waals surface area contributed by atoms with Crippen molar-refractivity contribution in [3.8, 4) is 17.2 Å². The van der Waals surface area contributed by atoms with Crippen LogP contribution in [0.1, 0.15) is 41.7 Å². The number of fused-ring (bicyclic) bond motifs is 1. The largest absolute Gasteiger partial charge is 0.508 e. The van der Waals surface area contributed by atoms with Crippen LogP contribution < -0.4 is 9.47 Å². The second kappa shape index (κ2) is 10.1. The average Bonchev–Trinajstić information content (AvgIpc) is 2.84. The van der Waals surface area contributed by atoms with Crippen LogP contribution in [0.4, 0.5) is 4.39 Å². The number of phenols is 1. The fraction of sp³-hybridized carbons (Fsp3) is 0.333. The smallest absolute Gasteiger partial charge is 0.150 e. The molecular formula is C30H32FNO3. The van der Waals surface area contributed by atoms with Gasteiger partial charge >= 0.3 is 0 Å². The van der Waals surface area contributed by atoms with Crippen molar-refractivity contribution >= 4 is 11.1 Å². The Bertz CT molecular complexity index is 1210. The molecule has 1 unspecified atom stereocenters. The van der Waals surface area contributed by atoms with Crippen LogP contribution in [0.2, 0.25) is 0 Å². The van der Waals surface area contributed by atoms with Crippen molar-refractivity contribution in [1.82, 2.24) is 4.90 Å². The Kier molecular flexibility index (Phi) is 6.78. The second-order valence-electron chi connectivity index (χ2n) is 9.49. The molecule has 1 saturated heterocycles. The summed E-state index contributed by atoms with van der Waals surface area (Å²) in [5, 5.41) is 10.2. The summed E-state index contributed by atoms with van der Waals surface area (Å²) in [5.74, 6) is 2.12. The van der Waals surface area contributed by atoms with Gasteiger partial charge in [-0.1, -0.05) is 42.8 Å². The molecule has 0 bridgehead atoms. The number of nitrogens with zero attached hydrogens (tertiary/aromatic N) is 1. The van der Waals surface area contributed by atoms with Gasteiger partial charge in [0.2, 0.25) is 0 Å². The molecule has 3 aromatic rings. The summed E-state index contributed by atoms with van der Waals surface area (Å²) in [4.78, 5) is 2.21. The van der Waals surface area contributed by atoms with E-state index in [1.807, 2.05) is 36.4 Å². The van der Waals surface area contributed by atoms with Gasteiger partial charge in [-0.15, -0.1) is 0 Å². The lowest BCUT2D eigenvalue weighted by molar-refractivity contribution is 0.0668. The maximum Gasteiger partial charge on any atom is 0.150 e. The molecular weight excluding hydrogens is 441 g/mol. The fourth-order valence-corrected chi connectivity index (χ4v) is 5.07. The maximum absolute atomic E-state index is 12.6. The number of benzene rings is 3. The Labute approximate surface area is 206 Å². The molecule has 0 aromatic heterocycles. The van der Waals surface area contributed by atoms with Gasteiger partial charge in [-0.05, 0) is 66.4 Å². The molecule has 1 fully saturated rings. The molecule has 182 valence electrons. The van der Waals surface area contributed by atoms with Gasteiger partial charge in [0.15, 0.2) is 0 Å². The summed E-state index contributed by atoms with van der Waals surface area (Å²) in [5.41, 5.74) is 6.60. The van der Waals surface area contributed by atoms with Gasteiger partial charge in [0.25, 0.3) is 0 Å². The van der Waals surface area contributed by atoms with E-state index < -0.39 is 0 Å². The number of alkyl halides is 1. The third-order valence-electron chi connectivity index (χ3n) is 6.91. The van der Waals surface area contributed by atoms with Gasteiger partial charge in [0.05, 0.1) is 6.67 Å². The van der Waals surface area contributed by atoms with E-state index in [9.17, 15) is 9.50 Å². The first-order chi connectivity index (χ1) is 17.1. The number of ether oxygens (including phenoxy) is 2. The molecule has 2 aliphatic heterocycles. The van der Waals surface area contributed by atoms with Gasteiger partial charge in [-0.2, -0.15) is 0 Å². The van der Waals surface area contributed by atoms with Crippen molar-refractivity contribution in [2.75, 3.05) is 32.9 Å². The number of likely N-dealkylation sites (tertiary alicyclic amines) is 1. The summed E-state index contributed by atoms with van der Waals surface area (Å²) in [6, 6.07) is 21.8. The van der Waals surface area contributed by atoms with Crippen LogP contribution in [-0.2, 0) is 0 Å². The van der Waals surface area contributed by atoms with Crippen molar-refractivity contribution < 1.29 is 19.0 Å². The Morgan fingerprint density at radius 3 is 2.57 bits per heavy atom. The van der Waals surface area contributed by atoms with Crippen LogP contribution in [0.15, 0.2) is 66.7 Å². The number of aryl methyl sites for hydroxylation is 1. The van der Waals surface area contributed by atoms with Crippen molar-refractivity contribution in [3.05, 3.63) is 89.0 Å². The molecule has 0 spiro atoms. The van der Waals surface area contributed by atoms with Gasteiger partial charge in [0, 0.05) is 36.7 Å². The topological polar surface area (TPSA) is 41.9 Å². The standard InChI is InChI=1S/C30H32FNO3/c1-3-26-27-15-20(2)7-12-28(27)35-30(29(26)23-5-4-6-24(33)16-23)22-8-10-25(11-9-22)34-14-13-32-18-21(17-31)19-32/h4-12,15-16,21,30,33H,3,13-14,17-19H2,1-2H3. The zero-order valence-corrected chi connectivity index (χ0v) is 20.3. The number of halogens is 1. The van der Waals surface area contributed by atoms with Crippen LogP contribution >= 0.6 is 0 Å². The number of phenolic OH excluding ortho intramolecular Hbond substituents is 1. The van der Waals surface area contributed by atoms with Crippen LogP contribution in [0.5, 0.6) is 17.2 Å². The van der Waals surface area contributed by atoms with E-state index in [2.05, 4.69) is 43.0 Å². The van der Waals surface area contributed by atoms with Crippen LogP contribution in [-0.4, -0.2) is 42.9 Å². The Morgan fingerprint density at radius 2 is 1.86 bits per heavy atom. The lowest BCUT2D eigenvalue weighted by atomic mass is 9.84. The Hall–Kier alpha value is -3.31. The molecule has 1 atom stereocenters. The van der Waals surface area contributed by atoms with Crippen molar-refractivity contribution in [1.29, 1.82) is 0 Å². The molecule has 5 heteroatoms. The van der Waals surface area contributed by atoms with E-state index in [1.165, 1.54) is 11.1 Å². The highest BCUT2D eigenvalue weighted by Gasteiger charge is 2.30. The first-order valence-electron chi connectivity index (χ1n) is 12.4. The van der Waals surface area contributed by atoms with Crippen molar-refractivity contribution in [3.63, 3.8) is 0 Å². The van der Waals surface area contributed by atoms with E-state index in [1.54, 1.807) is 6.07 Å². The van der Waals surface area contributed by atoms with Crippen LogP contribution in [0.25, 0.3) is 11.1 Å². The van der Waals surface area contributed by atoms with E-state index in [0.717, 1.165) is 59.8 Å². The number of allylic oxidation sites excluding steroid dienone is 1. The fourth-order valence-electron chi connectivity index (χ4n) is 5.07.